The number of hydrogen-bond donors (Lipinski definition) is 0. The Hall–Kier alpha value is -2.79. The van der Waals surface area contributed by atoms with E-state index in [9.17, 15) is 8.78 Å². The van der Waals surface area contributed by atoms with Gasteiger partial charge in [0, 0.05) is 16.1 Å². The highest BCUT2D eigenvalue weighted by Crippen LogP contribution is 2.33. The molecule has 0 aliphatic rings. The molecule has 0 N–H and O–H groups in total. The lowest BCUT2D eigenvalue weighted by molar-refractivity contribution is 0.153. The molecule has 6 heteroatoms. The third-order valence-electron chi connectivity index (χ3n) is 4.74. The van der Waals surface area contributed by atoms with Crippen molar-refractivity contribution in [3.8, 4) is 11.3 Å². The summed E-state index contributed by atoms with van der Waals surface area (Å²) >= 11 is 5.95. The van der Waals surface area contributed by atoms with Crippen LogP contribution >= 0.6 is 11.6 Å². The minimum Gasteiger partial charge on any atom is -0.243 e. The monoisotopic (exact) mass is 397 g/mol. The van der Waals surface area contributed by atoms with Gasteiger partial charge in [0.15, 0.2) is 5.65 Å². The molecule has 4 aromatic rings. The molecule has 0 bridgehead atoms. The molecular weight excluding hydrogens is 380 g/mol. The molecule has 142 valence electrons. The van der Waals surface area contributed by atoms with E-state index in [1.165, 1.54) is 6.07 Å². The van der Waals surface area contributed by atoms with Crippen LogP contribution in [0.1, 0.15) is 28.8 Å². The molecule has 0 aliphatic heterocycles. The highest BCUT2D eigenvalue weighted by atomic mass is 35.5. The predicted octanol–water partition coefficient (Wildman–Crippen LogP) is 6.35. The minimum absolute atomic E-state index is 0.0531. The Morgan fingerprint density at radius 1 is 1.00 bits per heavy atom. The van der Waals surface area contributed by atoms with E-state index in [0.717, 1.165) is 16.7 Å². The zero-order valence-electron chi connectivity index (χ0n) is 15.5. The van der Waals surface area contributed by atoms with Crippen molar-refractivity contribution >= 4 is 22.6 Å². The SMILES string of the molecule is Cc1ccc(Cn2nc(C)c3c(C(F)F)cc(-c4ccc(Cl)cc4)nc32)cc1. The Morgan fingerprint density at radius 3 is 2.32 bits per heavy atom. The van der Waals surface area contributed by atoms with Crippen LogP contribution in [-0.2, 0) is 6.54 Å². The summed E-state index contributed by atoms with van der Waals surface area (Å²) in [7, 11) is 0. The van der Waals surface area contributed by atoms with Gasteiger partial charge in [0.25, 0.3) is 6.43 Å². The maximum atomic E-state index is 13.8. The van der Waals surface area contributed by atoms with Crippen molar-refractivity contribution in [3.05, 3.63) is 82.0 Å². The quantitative estimate of drug-likeness (QED) is 0.401. The highest BCUT2D eigenvalue weighted by molar-refractivity contribution is 6.30. The number of benzene rings is 2. The molecule has 4 rings (SSSR count). The number of hydrogen-bond acceptors (Lipinski definition) is 2. The first kappa shape index (κ1) is 18.6. The fourth-order valence-corrected chi connectivity index (χ4v) is 3.43. The molecule has 28 heavy (non-hydrogen) atoms. The lowest BCUT2D eigenvalue weighted by Gasteiger charge is -2.09. The smallest absolute Gasteiger partial charge is 0.243 e. The van der Waals surface area contributed by atoms with Crippen LogP contribution in [0.25, 0.3) is 22.3 Å². The first-order valence-corrected chi connectivity index (χ1v) is 9.28. The van der Waals surface area contributed by atoms with Crippen LogP contribution in [-0.4, -0.2) is 14.8 Å². The van der Waals surface area contributed by atoms with Gasteiger partial charge in [-0.2, -0.15) is 5.10 Å². The molecule has 0 aliphatic carbocycles. The van der Waals surface area contributed by atoms with Gasteiger partial charge >= 0.3 is 0 Å². The third-order valence-corrected chi connectivity index (χ3v) is 4.99. The van der Waals surface area contributed by atoms with Gasteiger partial charge in [0.05, 0.1) is 23.3 Å². The van der Waals surface area contributed by atoms with Gasteiger partial charge in [-0.15, -0.1) is 0 Å². The van der Waals surface area contributed by atoms with E-state index >= 15 is 0 Å². The van der Waals surface area contributed by atoms with Crippen LogP contribution in [0.2, 0.25) is 5.02 Å². The van der Waals surface area contributed by atoms with Gasteiger partial charge in [-0.1, -0.05) is 53.6 Å². The van der Waals surface area contributed by atoms with Crippen LogP contribution in [0.15, 0.2) is 54.6 Å². The van der Waals surface area contributed by atoms with Crippen molar-refractivity contribution in [2.75, 3.05) is 0 Å². The van der Waals surface area contributed by atoms with E-state index in [0.29, 0.717) is 34.0 Å². The third kappa shape index (κ3) is 3.50. The number of rotatable bonds is 4. The Balaban J connectivity index is 1.89. The number of alkyl halides is 2. The summed E-state index contributed by atoms with van der Waals surface area (Å²) in [6, 6.07) is 16.5. The van der Waals surface area contributed by atoms with Gasteiger partial charge < -0.3 is 0 Å². The van der Waals surface area contributed by atoms with Crippen LogP contribution in [0.4, 0.5) is 8.78 Å². The minimum atomic E-state index is -2.62. The summed E-state index contributed by atoms with van der Waals surface area (Å²) in [6.07, 6.45) is -2.62. The highest BCUT2D eigenvalue weighted by Gasteiger charge is 2.21. The predicted molar refractivity (Wildman–Crippen MR) is 108 cm³/mol. The summed E-state index contributed by atoms with van der Waals surface area (Å²) < 4.78 is 29.4. The molecule has 0 fully saturated rings. The molecule has 3 nitrogen and oxygen atoms in total. The van der Waals surface area contributed by atoms with E-state index in [2.05, 4.69) is 10.1 Å². The van der Waals surface area contributed by atoms with Crippen LogP contribution in [0.3, 0.4) is 0 Å². The summed E-state index contributed by atoms with van der Waals surface area (Å²) in [5, 5.41) is 5.50. The fourth-order valence-electron chi connectivity index (χ4n) is 3.30. The largest absolute Gasteiger partial charge is 0.264 e. The number of aryl methyl sites for hydroxylation is 2. The zero-order valence-corrected chi connectivity index (χ0v) is 16.2. The Labute approximate surface area is 166 Å². The second-order valence-corrected chi connectivity index (χ2v) is 7.27. The maximum absolute atomic E-state index is 13.8. The van der Waals surface area contributed by atoms with Crippen molar-refractivity contribution in [1.29, 1.82) is 0 Å². The lowest BCUT2D eigenvalue weighted by atomic mass is 10.1. The summed E-state index contributed by atoms with van der Waals surface area (Å²) in [5.41, 5.74) is 4.36. The summed E-state index contributed by atoms with van der Waals surface area (Å²) in [5.74, 6) is 0. The molecule has 0 unspecified atom stereocenters. The lowest BCUT2D eigenvalue weighted by Crippen LogP contribution is -2.04. The van der Waals surface area contributed by atoms with Gasteiger partial charge in [0.1, 0.15) is 0 Å². The zero-order chi connectivity index (χ0) is 19.8. The number of pyridine rings is 1. The van der Waals surface area contributed by atoms with Crippen molar-refractivity contribution < 1.29 is 8.78 Å². The van der Waals surface area contributed by atoms with E-state index in [1.807, 2.05) is 31.2 Å². The standard InChI is InChI=1S/C22H18ClF2N3/c1-13-3-5-15(6-4-13)12-28-22-20(14(2)27-28)18(21(24)25)11-19(26-22)16-7-9-17(23)10-8-16/h3-11,21H,12H2,1-2H3. The van der Waals surface area contributed by atoms with Gasteiger partial charge in [-0.25, -0.2) is 18.4 Å². The van der Waals surface area contributed by atoms with Crippen molar-refractivity contribution in [2.45, 2.75) is 26.8 Å². The van der Waals surface area contributed by atoms with E-state index in [-0.39, 0.29) is 5.56 Å². The Morgan fingerprint density at radius 2 is 1.68 bits per heavy atom. The van der Waals surface area contributed by atoms with Gasteiger partial charge in [-0.05, 0) is 37.6 Å². The maximum Gasteiger partial charge on any atom is 0.264 e. The van der Waals surface area contributed by atoms with Crippen LogP contribution < -0.4 is 0 Å². The van der Waals surface area contributed by atoms with Crippen molar-refractivity contribution in [2.24, 2.45) is 0 Å². The second-order valence-electron chi connectivity index (χ2n) is 6.83. The van der Waals surface area contributed by atoms with E-state index in [1.54, 1.807) is 35.9 Å². The molecule has 0 spiro atoms. The Bertz CT molecular complexity index is 1130. The van der Waals surface area contributed by atoms with Crippen LogP contribution in [0.5, 0.6) is 0 Å². The average Bonchev–Trinajstić information content (AvgIpc) is 2.99. The molecule has 0 amide bonds. The average molecular weight is 398 g/mol. The topological polar surface area (TPSA) is 30.7 Å². The number of fused-ring (bicyclic) bond motifs is 1. The normalized spacial score (nSPS) is 11.5. The molecule has 2 heterocycles. The van der Waals surface area contributed by atoms with E-state index < -0.39 is 6.43 Å². The molecular formula is C22H18ClF2N3. The van der Waals surface area contributed by atoms with E-state index in [4.69, 9.17) is 11.6 Å². The summed E-state index contributed by atoms with van der Waals surface area (Å²) in [4.78, 5) is 4.68. The fraction of sp³-hybridized carbons (Fsp3) is 0.182. The molecule has 2 aromatic heterocycles. The number of halogens is 3. The summed E-state index contributed by atoms with van der Waals surface area (Å²) in [6.45, 7) is 4.22. The van der Waals surface area contributed by atoms with Crippen LogP contribution in [0, 0.1) is 13.8 Å². The molecule has 0 saturated heterocycles. The first-order valence-electron chi connectivity index (χ1n) is 8.90. The molecule has 0 radical (unpaired) electrons. The molecule has 2 aromatic carbocycles. The molecule has 0 saturated carbocycles. The first-order chi connectivity index (χ1) is 13.4. The Kier molecular flexibility index (Phi) is 4.85. The van der Waals surface area contributed by atoms with Crippen molar-refractivity contribution in [3.63, 3.8) is 0 Å². The molecule has 0 atom stereocenters. The second kappa shape index (κ2) is 7.32. The number of nitrogens with zero attached hydrogens (tertiary/aromatic N) is 3. The van der Waals surface area contributed by atoms with Gasteiger partial charge in [-0.3, -0.25) is 0 Å². The number of aromatic nitrogens is 3. The van der Waals surface area contributed by atoms with Gasteiger partial charge in [0.2, 0.25) is 0 Å². The van der Waals surface area contributed by atoms with Crippen molar-refractivity contribution in [1.82, 2.24) is 14.8 Å².